The average Bonchev–Trinajstić information content (AvgIpc) is 3.10. The number of nitrogens with one attached hydrogen (secondary N) is 2. The first-order valence-corrected chi connectivity index (χ1v) is 8.69. The van der Waals surface area contributed by atoms with E-state index in [4.69, 9.17) is 0 Å². The second-order valence-electron chi connectivity index (χ2n) is 5.74. The Morgan fingerprint density at radius 3 is 2.83 bits per heavy atom. The number of aromatic nitrogens is 3. The second kappa shape index (κ2) is 8.01. The molecule has 0 radical (unpaired) electrons. The second-order valence-corrected chi connectivity index (χ2v) is 7.25. The minimum atomic E-state index is 0.170. The van der Waals surface area contributed by atoms with Gasteiger partial charge in [0, 0.05) is 43.5 Å². The Bertz CT molecular complexity index is 636. The van der Waals surface area contributed by atoms with Crippen molar-refractivity contribution in [2.75, 3.05) is 19.8 Å². The molecule has 0 unspecified atom stereocenters. The van der Waals surface area contributed by atoms with Gasteiger partial charge in [-0.2, -0.15) is 11.8 Å². The van der Waals surface area contributed by atoms with Crippen LogP contribution >= 0.6 is 11.8 Å². The number of hydrogen-bond donors (Lipinski definition) is 2. The van der Waals surface area contributed by atoms with Gasteiger partial charge in [0.15, 0.2) is 5.96 Å². The van der Waals surface area contributed by atoms with E-state index in [0.29, 0.717) is 6.54 Å². The van der Waals surface area contributed by atoms with E-state index in [1.165, 1.54) is 0 Å². The van der Waals surface area contributed by atoms with Crippen LogP contribution in [0.1, 0.15) is 19.4 Å². The monoisotopic (exact) mass is 332 g/mol. The van der Waals surface area contributed by atoms with Gasteiger partial charge in [-0.1, -0.05) is 0 Å². The van der Waals surface area contributed by atoms with Crippen LogP contribution in [0.15, 0.2) is 42.0 Å². The summed E-state index contributed by atoms with van der Waals surface area (Å²) < 4.78 is 2.06. The van der Waals surface area contributed by atoms with Gasteiger partial charge >= 0.3 is 0 Å². The minimum absolute atomic E-state index is 0.170. The number of pyridine rings is 1. The molecule has 7 heteroatoms. The molecule has 0 aliphatic heterocycles. The molecule has 0 bridgehead atoms. The summed E-state index contributed by atoms with van der Waals surface area (Å²) in [4.78, 5) is 12.7. The molecule has 0 aliphatic rings. The van der Waals surface area contributed by atoms with Gasteiger partial charge in [-0.15, -0.1) is 0 Å². The standard InChI is InChI=1S/C16H24N6S/c1-16(2,23-4)11-21-15(17-3)20-10-13-5-6-19-14(9-13)22-8-7-18-12-22/h5-9,12H,10-11H2,1-4H3,(H2,17,20,21). The third-order valence-corrected chi connectivity index (χ3v) is 4.75. The maximum atomic E-state index is 4.36. The lowest BCUT2D eigenvalue weighted by Gasteiger charge is -2.23. The molecule has 23 heavy (non-hydrogen) atoms. The van der Waals surface area contributed by atoms with Crippen molar-refractivity contribution in [3.63, 3.8) is 0 Å². The summed E-state index contributed by atoms with van der Waals surface area (Å²) in [6, 6.07) is 4.03. The van der Waals surface area contributed by atoms with Crippen LogP contribution in [0.3, 0.4) is 0 Å². The third kappa shape index (κ3) is 5.28. The van der Waals surface area contributed by atoms with E-state index in [0.717, 1.165) is 23.9 Å². The van der Waals surface area contributed by atoms with E-state index >= 15 is 0 Å². The molecular weight excluding hydrogens is 308 g/mol. The quantitative estimate of drug-likeness (QED) is 0.626. The molecule has 0 aromatic carbocycles. The van der Waals surface area contributed by atoms with Gasteiger partial charge in [0.25, 0.3) is 0 Å². The van der Waals surface area contributed by atoms with Gasteiger partial charge in [0.2, 0.25) is 0 Å². The highest BCUT2D eigenvalue weighted by atomic mass is 32.2. The van der Waals surface area contributed by atoms with E-state index in [1.54, 1.807) is 25.8 Å². The normalized spacial score (nSPS) is 12.3. The van der Waals surface area contributed by atoms with E-state index < -0.39 is 0 Å². The number of guanidine groups is 1. The summed E-state index contributed by atoms with van der Waals surface area (Å²) in [7, 11) is 1.78. The summed E-state index contributed by atoms with van der Waals surface area (Å²) >= 11 is 1.83. The lowest BCUT2D eigenvalue weighted by atomic mass is 10.2. The lowest BCUT2D eigenvalue weighted by Crippen LogP contribution is -2.43. The topological polar surface area (TPSA) is 67.1 Å². The van der Waals surface area contributed by atoms with Gasteiger partial charge in [-0.3, -0.25) is 9.56 Å². The predicted octanol–water partition coefficient (Wildman–Crippen LogP) is 2.07. The summed E-state index contributed by atoms with van der Waals surface area (Å²) in [5.74, 6) is 1.65. The first-order chi connectivity index (χ1) is 11.0. The Kier molecular flexibility index (Phi) is 6.04. The van der Waals surface area contributed by atoms with Gasteiger partial charge in [0.1, 0.15) is 12.1 Å². The fraction of sp³-hybridized carbons (Fsp3) is 0.438. The Balaban J connectivity index is 1.93. The highest BCUT2D eigenvalue weighted by Crippen LogP contribution is 2.19. The van der Waals surface area contributed by atoms with Crippen LogP contribution < -0.4 is 10.6 Å². The first kappa shape index (κ1) is 17.3. The maximum absolute atomic E-state index is 4.36. The van der Waals surface area contributed by atoms with Crippen LogP contribution in [0.5, 0.6) is 0 Å². The van der Waals surface area contributed by atoms with Crippen molar-refractivity contribution in [2.45, 2.75) is 25.1 Å². The van der Waals surface area contributed by atoms with Crippen LogP contribution in [0.2, 0.25) is 0 Å². The fourth-order valence-electron chi connectivity index (χ4n) is 1.88. The average molecular weight is 332 g/mol. The molecule has 2 aromatic heterocycles. The van der Waals surface area contributed by atoms with Crippen molar-refractivity contribution in [3.8, 4) is 5.82 Å². The number of nitrogens with zero attached hydrogens (tertiary/aromatic N) is 4. The van der Waals surface area contributed by atoms with Crippen molar-refractivity contribution in [2.24, 2.45) is 4.99 Å². The number of imidazole rings is 1. The van der Waals surface area contributed by atoms with Gasteiger partial charge in [-0.25, -0.2) is 9.97 Å². The van der Waals surface area contributed by atoms with Crippen molar-refractivity contribution >= 4 is 17.7 Å². The first-order valence-electron chi connectivity index (χ1n) is 7.47. The minimum Gasteiger partial charge on any atom is -0.355 e. The molecule has 0 fully saturated rings. The van der Waals surface area contributed by atoms with E-state index in [9.17, 15) is 0 Å². The molecule has 0 atom stereocenters. The smallest absolute Gasteiger partial charge is 0.191 e. The highest BCUT2D eigenvalue weighted by Gasteiger charge is 2.16. The third-order valence-electron chi connectivity index (χ3n) is 3.50. The molecule has 0 aliphatic carbocycles. The van der Waals surface area contributed by atoms with E-state index in [-0.39, 0.29) is 4.75 Å². The molecule has 6 nitrogen and oxygen atoms in total. The van der Waals surface area contributed by atoms with Crippen LogP contribution in [0.25, 0.3) is 5.82 Å². The van der Waals surface area contributed by atoms with Crippen molar-refractivity contribution in [3.05, 3.63) is 42.6 Å². The summed E-state index contributed by atoms with van der Waals surface area (Å²) in [6.07, 6.45) is 9.28. The Morgan fingerprint density at radius 2 is 2.17 bits per heavy atom. The highest BCUT2D eigenvalue weighted by molar-refractivity contribution is 7.99. The Labute approximate surface area is 141 Å². The SMILES string of the molecule is CN=C(NCc1ccnc(-n2ccnc2)c1)NCC(C)(C)SC. The van der Waals surface area contributed by atoms with Crippen LogP contribution in [0.4, 0.5) is 0 Å². The van der Waals surface area contributed by atoms with Crippen LogP contribution in [-0.4, -0.2) is 45.1 Å². The Morgan fingerprint density at radius 1 is 1.35 bits per heavy atom. The fourth-order valence-corrected chi connectivity index (χ4v) is 2.10. The molecule has 0 saturated heterocycles. The van der Waals surface area contributed by atoms with E-state index in [1.807, 2.05) is 34.7 Å². The van der Waals surface area contributed by atoms with Crippen molar-refractivity contribution < 1.29 is 0 Å². The number of thioether (sulfide) groups is 1. The number of rotatable bonds is 6. The van der Waals surface area contributed by atoms with E-state index in [2.05, 4.69) is 45.7 Å². The van der Waals surface area contributed by atoms with Crippen LogP contribution in [-0.2, 0) is 6.54 Å². The molecule has 2 rings (SSSR count). The zero-order valence-electron chi connectivity index (χ0n) is 14.1. The van der Waals surface area contributed by atoms with Crippen LogP contribution in [0, 0.1) is 0 Å². The van der Waals surface area contributed by atoms with Gasteiger partial charge in [-0.05, 0) is 37.8 Å². The summed E-state index contributed by atoms with van der Waals surface area (Å²) in [6.45, 7) is 5.95. The zero-order chi connectivity index (χ0) is 16.7. The molecule has 2 aromatic rings. The number of hydrogen-bond acceptors (Lipinski definition) is 4. The maximum Gasteiger partial charge on any atom is 0.191 e. The van der Waals surface area contributed by atoms with Gasteiger partial charge in [0.05, 0.1) is 0 Å². The van der Waals surface area contributed by atoms with Crippen molar-refractivity contribution in [1.29, 1.82) is 0 Å². The molecule has 0 saturated carbocycles. The predicted molar refractivity (Wildman–Crippen MR) is 97.2 cm³/mol. The molecule has 2 heterocycles. The lowest BCUT2D eigenvalue weighted by molar-refractivity contribution is 0.664. The largest absolute Gasteiger partial charge is 0.355 e. The molecule has 0 spiro atoms. The van der Waals surface area contributed by atoms with Crippen molar-refractivity contribution in [1.82, 2.24) is 25.2 Å². The molecule has 0 amide bonds. The summed E-state index contributed by atoms with van der Waals surface area (Å²) in [5.41, 5.74) is 1.13. The van der Waals surface area contributed by atoms with Gasteiger partial charge < -0.3 is 10.6 Å². The zero-order valence-corrected chi connectivity index (χ0v) is 14.9. The number of aliphatic imine (C=N–C) groups is 1. The summed E-state index contributed by atoms with van der Waals surface area (Å²) in [5, 5.41) is 6.69. The molecule has 124 valence electrons. The molecule has 2 N–H and O–H groups in total. The Hall–Kier alpha value is -2.02. The molecular formula is C16H24N6S.